The first-order chi connectivity index (χ1) is 29.8. The van der Waals surface area contributed by atoms with Crippen molar-refractivity contribution >= 4 is 82.0 Å². The van der Waals surface area contributed by atoms with E-state index in [-0.39, 0.29) is 0 Å². The Labute approximate surface area is 348 Å². The largest absolute Gasteiger partial charge is 0.310 e. The number of aromatic nitrogens is 1. The van der Waals surface area contributed by atoms with Crippen molar-refractivity contribution in [2.45, 2.75) is 0 Å². The fraction of sp³-hybridized carbons (Fsp3) is 0. The maximum absolute atomic E-state index is 2.51. The molecule has 11 aromatic carbocycles. The predicted octanol–water partition coefficient (Wildman–Crippen LogP) is 16.2. The molecule has 0 spiro atoms. The Morgan fingerprint density at radius 3 is 1.50 bits per heavy atom. The molecule has 0 N–H and O–H groups in total. The summed E-state index contributed by atoms with van der Waals surface area (Å²) in [6.07, 6.45) is 0. The summed E-state index contributed by atoms with van der Waals surface area (Å²) < 4.78 is 2.51. The van der Waals surface area contributed by atoms with Gasteiger partial charge in [0.25, 0.3) is 0 Å². The Balaban J connectivity index is 0.971. The van der Waals surface area contributed by atoms with Crippen LogP contribution in [0.1, 0.15) is 0 Å². The Morgan fingerprint density at radius 2 is 0.783 bits per heavy atom. The first-order valence-electron chi connectivity index (χ1n) is 20.7. The summed E-state index contributed by atoms with van der Waals surface area (Å²) in [6.45, 7) is 0. The second-order valence-corrected chi connectivity index (χ2v) is 15.7. The zero-order chi connectivity index (χ0) is 39.6. The zero-order valence-electron chi connectivity index (χ0n) is 32.8. The van der Waals surface area contributed by atoms with Crippen molar-refractivity contribution in [3.63, 3.8) is 0 Å². The van der Waals surface area contributed by atoms with Crippen LogP contribution in [-0.4, -0.2) is 4.57 Å². The van der Waals surface area contributed by atoms with Gasteiger partial charge in [-0.3, -0.25) is 0 Å². The molecule has 0 saturated heterocycles. The van der Waals surface area contributed by atoms with Crippen molar-refractivity contribution in [2.24, 2.45) is 0 Å². The normalized spacial score (nSPS) is 11.7. The van der Waals surface area contributed by atoms with E-state index in [1.54, 1.807) is 0 Å². The molecule has 0 unspecified atom stereocenters. The van der Waals surface area contributed by atoms with Gasteiger partial charge in [-0.2, -0.15) is 0 Å². The fourth-order valence-corrected chi connectivity index (χ4v) is 9.58. The number of para-hydroxylation sites is 1. The average Bonchev–Trinajstić information content (AvgIpc) is 3.67. The topological polar surface area (TPSA) is 8.17 Å². The molecular formula is C58H38N2. The highest BCUT2D eigenvalue weighted by Crippen LogP contribution is 2.45. The third kappa shape index (κ3) is 5.42. The molecule has 60 heavy (non-hydrogen) atoms. The van der Waals surface area contributed by atoms with Crippen molar-refractivity contribution in [1.29, 1.82) is 0 Å². The minimum atomic E-state index is 1.12. The van der Waals surface area contributed by atoms with Crippen LogP contribution < -0.4 is 4.90 Å². The van der Waals surface area contributed by atoms with Crippen molar-refractivity contribution in [1.82, 2.24) is 4.57 Å². The second-order valence-electron chi connectivity index (χ2n) is 15.7. The first kappa shape index (κ1) is 34.1. The molecule has 0 radical (unpaired) electrons. The third-order valence-electron chi connectivity index (χ3n) is 12.3. The number of hydrogen-bond donors (Lipinski definition) is 0. The number of benzene rings is 11. The Bertz CT molecular complexity index is 3570. The summed E-state index contributed by atoms with van der Waals surface area (Å²) in [5.41, 5.74) is 11.8. The quantitative estimate of drug-likeness (QED) is 0.153. The highest BCUT2D eigenvalue weighted by Gasteiger charge is 2.21. The van der Waals surface area contributed by atoms with Gasteiger partial charge in [0, 0.05) is 38.3 Å². The SMILES string of the molecule is c1ccc(N(c2ccc(-c3ccc(-c4ccc5c(c4)c4c6ccccc6c6ccccc6c4n5-c4cccc5ccccc45)cc3)cc2)c2cccc3ccccc23)cc1. The van der Waals surface area contributed by atoms with Crippen LogP contribution in [0.25, 0.3) is 92.8 Å². The molecule has 0 aliphatic carbocycles. The van der Waals surface area contributed by atoms with E-state index in [0.29, 0.717) is 0 Å². The lowest BCUT2D eigenvalue weighted by Gasteiger charge is -2.27. The van der Waals surface area contributed by atoms with Crippen molar-refractivity contribution in [3.8, 4) is 27.9 Å². The van der Waals surface area contributed by atoms with Crippen LogP contribution in [0, 0.1) is 0 Å². The molecular weight excluding hydrogens is 725 g/mol. The van der Waals surface area contributed by atoms with Gasteiger partial charge in [-0.1, -0.05) is 182 Å². The molecule has 0 fully saturated rings. The van der Waals surface area contributed by atoms with Gasteiger partial charge in [-0.05, 0) is 97.7 Å². The van der Waals surface area contributed by atoms with E-state index >= 15 is 0 Å². The summed E-state index contributed by atoms with van der Waals surface area (Å²) >= 11 is 0. The van der Waals surface area contributed by atoms with Crippen LogP contribution in [0.2, 0.25) is 0 Å². The third-order valence-corrected chi connectivity index (χ3v) is 12.3. The number of rotatable bonds is 6. The van der Waals surface area contributed by atoms with Gasteiger partial charge in [0.2, 0.25) is 0 Å². The molecule has 12 rings (SSSR count). The van der Waals surface area contributed by atoms with Gasteiger partial charge in [0.15, 0.2) is 0 Å². The van der Waals surface area contributed by atoms with Gasteiger partial charge in [0.05, 0.1) is 22.4 Å². The number of nitrogens with zero attached hydrogens (tertiary/aromatic N) is 2. The molecule has 0 bridgehead atoms. The Hall–Kier alpha value is -7.94. The Morgan fingerprint density at radius 1 is 0.300 bits per heavy atom. The van der Waals surface area contributed by atoms with Gasteiger partial charge in [0.1, 0.15) is 0 Å². The molecule has 1 heterocycles. The molecule has 0 aliphatic heterocycles. The fourth-order valence-electron chi connectivity index (χ4n) is 9.58. The molecule has 0 amide bonds. The minimum absolute atomic E-state index is 1.12. The van der Waals surface area contributed by atoms with Crippen molar-refractivity contribution < 1.29 is 0 Å². The van der Waals surface area contributed by atoms with E-state index in [9.17, 15) is 0 Å². The number of fused-ring (bicyclic) bond motifs is 10. The van der Waals surface area contributed by atoms with E-state index in [1.165, 1.54) is 92.8 Å². The van der Waals surface area contributed by atoms with E-state index in [4.69, 9.17) is 0 Å². The predicted molar refractivity (Wildman–Crippen MR) is 256 cm³/mol. The summed E-state index contributed by atoms with van der Waals surface area (Å²) in [4.78, 5) is 2.36. The number of anilines is 3. The minimum Gasteiger partial charge on any atom is -0.310 e. The van der Waals surface area contributed by atoms with E-state index < -0.39 is 0 Å². The van der Waals surface area contributed by atoms with Gasteiger partial charge in [-0.15, -0.1) is 0 Å². The first-order valence-corrected chi connectivity index (χ1v) is 20.7. The molecule has 12 aromatic rings. The lowest BCUT2D eigenvalue weighted by molar-refractivity contribution is 1.20. The van der Waals surface area contributed by atoms with Crippen molar-refractivity contribution in [3.05, 3.63) is 231 Å². The van der Waals surface area contributed by atoms with Crippen LogP contribution in [0.4, 0.5) is 17.1 Å². The Kier molecular flexibility index (Phi) is 7.89. The summed E-state index contributed by atoms with van der Waals surface area (Å²) in [5, 5.41) is 12.6. The van der Waals surface area contributed by atoms with Gasteiger partial charge < -0.3 is 9.47 Å². The lowest BCUT2D eigenvalue weighted by atomic mass is 9.95. The highest BCUT2D eigenvalue weighted by molar-refractivity contribution is 6.32. The molecule has 0 saturated carbocycles. The van der Waals surface area contributed by atoms with Crippen LogP contribution in [0.5, 0.6) is 0 Å². The highest BCUT2D eigenvalue weighted by atomic mass is 15.1. The monoisotopic (exact) mass is 762 g/mol. The number of hydrogen-bond acceptors (Lipinski definition) is 1. The zero-order valence-corrected chi connectivity index (χ0v) is 32.8. The lowest BCUT2D eigenvalue weighted by Crippen LogP contribution is -2.10. The summed E-state index contributed by atoms with van der Waals surface area (Å²) in [5.74, 6) is 0. The summed E-state index contributed by atoms with van der Waals surface area (Å²) in [7, 11) is 0. The molecule has 1 aromatic heterocycles. The van der Waals surface area contributed by atoms with E-state index in [0.717, 1.165) is 17.1 Å². The van der Waals surface area contributed by atoms with E-state index in [2.05, 4.69) is 240 Å². The molecule has 280 valence electrons. The average molecular weight is 763 g/mol. The van der Waals surface area contributed by atoms with Crippen LogP contribution >= 0.6 is 0 Å². The molecule has 0 aliphatic rings. The molecule has 2 nitrogen and oxygen atoms in total. The maximum atomic E-state index is 2.51. The molecule has 0 atom stereocenters. The van der Waals surface area contributed by atoms with Gasteiger partial charge >= 0.3 is 0 Å². The van der Waals surface area contributed by atoms with Crippen LogP contribution in [-0.2, 0) is 0 Å². The summed E-state index contributed by atoms with van der Waals surface area (Å²) in [6, 6.07) is 84.1. The molecule has 2 heteroatoms. The van der Waals surface area contributed by atoms with Gasteiger partial charge in [-0.25, -0.2) is 0 Å². The second kappa shape index (κ2) is 13.9. The maximum Gasteiger partial charge on any atom is 0.0626 e. The standard InChI is InChI=1S/C58H38N2/c1-2-18-45(19-3-1)59(54-26-12-16-42-14-4-6-20-47(42)54)46-35-32-40(33-36-46)39-28-30-41(31-29-39)44-34-37-56-53(38-44)57-51-24-10-8-22-49(51)50-23-9-11-25-52(50)58(57)60(56)55-27-13-17-43-15-5-7-21-48(43)55/h1-38H. The van der Waals surface area contributed by atoms with E-state index in [1.807, 2.05) is 0 Å². The van der Waals surface area contributed by atoms with Crippen molar-refractivity contribution in [2.75, 3.05) is 4.90 Å². The smallest absolute Gasteiger partial charge is 0.0626 e. The van der Waals surface area contributed by atoms with Crippen LogP contribution in [0.3, 0.4) is 0 Å². The van der Waals surface area contributed by atoms with Crippen LogP contribution in [0.15, 0.2) is 231 Å².